The molecule has 0 aromatic carbocycles. The molecule has 0 N–H and O–H groups in total. The summed E-state index contributed by atoms with van der Waals surface area (Å²) in [6, 6.07) is 2.00. The van der Waals surface area contributed by atoms with E-state index in [4.69, 9.17) is 4.42 Å². The fraction of sp³-hybridized carbons (Fsp3) is 0.333. The molecule has 60 valence electrons. The van der Waals surface area contributed by atoms with Gasteiger partial charge in [0.1, 0.15) is 5.76 Å². The first-order valence-corrected chi connectivity index (χ1v) is 4.61. The lowest BCUT2D eigenvalue weighted by atomic mass is 10.5. The van der Waals surface area contributed by atoms with Gasteiger partial charge in [0.2, 0.25) is 0 Å². The van der Waals surface area contributed by atoms with Crippen LogP contribution in [0, 0.1) is 6.92 Å². The van der Waals surface area contributed by atoms with Crippen LogP contribution in [0.3, 0.4) is 0 Å². The van der Waals surface area contributed by atoms with Crippen LogP contribution in [0.2, 0.25) is 0 Å². The van der Waals surface area contributed by atoms with Crippen molar-refractivity contribution in [3.8, 4) is 0 Å². The fourth-order valence-corrected chi connectivity index (χ4v) is 1.63. The van der Waals surface area contributed by atoms with E-state index in [1.807, 2.05) is 19.9 Å². The second-order valence-corrected chi connectivity index (χ2v) is 3.28. The van der Waals surface area contributed by atoms with Crippen molar-refractivity contribution in [3.05, 3.63) is 30.2 Å². The van der Waals surface area contributed by atoms with Gasteiger partial charge in [-0.1, -0.05) is 12.2 Å². The van der Waals surface area contributed by atoms with Crippen LogP contribution in [0.25, 0.3) is 0 Å². The molecular formula is C9H12OS. The summed E-state index contributed by atoms with van der Waals surface area (Å²) in [4.78, 5) is 1.24. The van der Waals surface area contributed by atoms with Gasteiger partial charge in [-0.05, 0) is 19.9 Å². The molecule has 0 atom stereocenters. The first-order valence-electron chi connectivity index (χ1n) is 3.62. The minimum atomic E-state index is 1.01. The molecule has 0 unspecified atom stereocenters. The summed E-state index contributed by atoms with van der Waals surface area (Å²) in [5.74, 6) is 2.04. The predicted molar refractivity (Wildman–Crippen MR) is 49.0 cm³/mol. The highest BCUT2D eigenvalue weighted by Crippen LogP contribution is 2.22. The quantitative estimate of drug-likeness (QED) is 0.507. The number of hydrogen-bond acceptors (Lipinski definition) is 2. The van der Waals surface area contributed by atoms with E-state index >= 15 is 0 Å². The van der Waals surface area contributed by atoms with Crippen LogP contribution in [-0.4, -0.2) is 5.75 Å². The molecule has 0 radical (unpaired) electrons. The lowest BCUT2D eigenvalue weighted by molar-refractivity contribution is 0.527. The highest BCUT2D eigenvalue weighted by atomic mass is 32.2. The average Bonchev–Trinajstić information content (AvgIpc) is 2.37. The van der Waals surface area contributed by atoms with Gasteiger partial charge in [-0.25, -0.2) is 0 Å². The van der Waals surface area contributed by atoms with E-state index in [2.05, 4.69) is 12.2 Å². The Balaban J connectivity index is 2.44. The smallest absolute Gasteiger partial charge is 0.114 e. The largest absolute Gasteiger partial charge is 0.468 e. The van der Waals surface area contributed by atoms with E-state index < -0.39 is 0 Å². The lowest BCUT2D eigenvalue weighted by Crippen LogP contribution is -1.72. The van der Waals surface area contributed by atoms with Crippen molar-refractivity contribution in [2.45, 2.75) is 18.7 Å². The van der Waals surface area contributed by atoms with Crippen LogP contribution in [-0.2, 0) is 0 Å². The molecule has 1 heterocycles. The minimum Gasteiger partial charge on any atom is -0.468 e. The monoisotopic (exact) mass is 168 g/mol. The van der Waals surface area contributed by atoms with Gasteiger partial charge in [-0.15, -0.1) is 11.8 Å². The van der Waals surface area contributed by atoms with Gasteiger partial charge in [-0.2, -0.15) is 0 Å². The zero-order valence-corrected chi connectivity index (χ0v) is 7.65. The molecule has 2 heteroatoms. The van der Waals surface area contributed by atoms with Gasteiger partial charge < -0.3 is 4.42 Å². The Kier molecular flexibility index (Phi) is 3.30. The maximum absolute atomic E-state index is 5.15. The number of rotatable bonds is 3. The van der Waals surface area contributed by atoms with Crippen molar-refractivity contribution < 1.29 is 4.42 Å². The van der Waals surface area contributed by atoms with E-state index in [1.165, 1.54) is 4.90 Å². The average molecular weight is 168 g/mol. The molecule has 0 aliphatic heterocycles. The normalized spacial score (nSPS) is 11.1. The van der Waals surface area contributed by atoms with Gasteiger partial charge in [0, 0.05) is 10.6 Å². The highest BCUT2D eigenvalue weighted by molar-refractivity contribution is 7.99. The van der Waals surface area contributed by atoms with Gasteiger partial charge in [0.25, 0.3) is 0 Å². The highest BCUT2D eigenvalue weighted by Gasteiger charge is 1.98. The van der Waals surface area contributed by atoms with Crippen LogP contribution >= 0.6 is 11.8 Å². The third-order valence-electron chi connectivity index (χ3n) is 1.38. The number of furan rings is 1. The molecule has 0 saturated carbocycles. The van der Waals surface area contributed by atoms with Crippen LogP contribution in [0.5, 0.6) is 0 Å². The van der Waals surface area contributed by atoms with Crippen molar-refractivity contribution in [2.24, 2.45) is 0 Å². The molecule has 11 heavy (non-hydrogen) atoms. The van der Waals surface area contributed by atoms with Crippen LogP contribution in [0.4, 0.5) is 0 Å². The topological polar surface area (TPSA) is 13.1 Å². The Morgan fingerprint density at radius 3 is 3.00 bits per heavy atom. The van der Waals surface area contributed by atoms with Gasteiger partial charge in [0.05, 0.1) is 6.26 Å². The third kappa shape index (κ3) is 2.46. The van der Waals surface area contributed by atoms with E-state index in [0.717, 1.165) is 11.5 Å². The molecule has 0 aliphatic rings. The molecule has 1 nitrogen and oxygen atoms in total. The van der Waals surface area contributed by atoms with Crippen molar-refractivity contribution in [1.82, 2.24) is 0 Å². The zero-order valence-electron chi connectivity index (χ0n) is 6.83. The second kappa shape index (κ2) is 4.29. The van der Waals surface area contributed by atoms with Crippen LogP contribution in [0.15, 0.2) is 33.8 Å². The summed E-state index contributed by atoms with van der Waals surface area (Å²) in [5.41, 5.74) is 0. The molecule has 0 bridgehead atoms. The Morgan fingerprint density at radius 1 is 1.64 bits per heavy atom. The molecule has 0 spiro atoms. The lowest BCUT2D eigenvalue weighted by Gasteiger charge is -1.92. The maximum atomic E-state index is 5.15. The molecule has 1 aromatic rings. The van der Waals surface area contributed by atoms with Gasteiger partial charge in [-0.3, -0.25) is 0 Å². The summed E-state index contributed by atoms with van der Waals surface area (Å²) in [7, 11) is 0. The molecule has 0 aliphatic carbocycles. The molecular weight excluding hydrogens is 156 g/mol. The molecule has 0 fully saturated rings. The standard InChI is InChI=1S/C9H12OS/c1-3-4-7-11-9-5-6-10-8(9)2/h3-6H,7H2,1-2H3. The SMILES string of the molecule is CC=CCSc1ccoc1C. The third-order valence-corrected chi connectivity index (χ3v) is 2.48. The minimum absolute atomic E-state index is 1.01. The number of thioether (sulfide) groups is 1. The first-order chi connectivity index (χ1) is 5.34. The Bertz CT molecular complexity index is 237. The number of aryl methyl sites for hydroxylation is 1. The first kappa shape index (κ1) is 8.47. The summed E-state index contributed by atoms with van der Waals surface area (Å²) < 4.78 is 5.15. The maximum Gasteiger partial charge on any atom is 0.114 e. The second-order valence-electron chi connectivity index (χ2n) is 2.22. The van der Waals surface area contributed by atoms with E-state index in [1.54, 1.807) is 18.0 Å². The summed E-state index contributed by atoms with van der Waals surface area (Å²) in [6.45, 7) is 4.01. The molecule has 0 amide bonds. The predicted octanol–water partition coefficient (Wildman–Crippen LogP) is 3.26. The molecule has 0 saturated heterocycles. The van der Waals surface area contributed by atoms with E-state index in [-0.39, 0.29) is 0 Å². The Hall–Kier alpha value is -0.630. The van der Waals surface area contributed by atoms with Gasteiger partial charge >= 0.3 is 0 Å². The summed E-state index contributed by atoms with van der Waals surface area (Å²) in [5, 5.41) is 0. The number of allylic oxidation sites excluding steroid dienone is 1. The summed E-state index contributed by atoms with van der Waals surface area (Å²) in [6.07, 6.45) is 5.92. The van der Waals surface area contributed by atoms with Crippen molar-refractivity contribution in [2.75, 3.05) is 5.75 Å². The van der Waals surface area contributed by atoms with E-state index in [9.17, 15) is 0 Å². The van der Waals surface area contributed by atoms with Crippen molar-refractivity contribution in [1.29, 1.82) is 0 Å². The fourth-order valence-electron chi connectivity index (χ4n) is 0.757. The molecule has 1 aromatic heterocycles. The van der Waals surface area contributed by atoms with E-state index in [0.29, 0.717) is 0 Å². The van der Waals surface area contributed by atoms with Crippen molar-refractivity contribution >= 4 is 11.8 Å². The zero-order chi connectivity index (χ0) is 8.10. The van der Waals surface area contributed by atoms with Crippen LogP contribution in [0.1, 0.15) is 12.7 Å². The van der Waals surface area contributed by atoms with Gasteiger partial charge in [0.15, 0.2) is 0 Å². The molecule has 1 rings (SSSR count). The summed E-state index contributed by atoms with van der Waals surface area (Å²) >= 11 is 1.80. The Morgan fingerprint density at radius 2 is 2.45 bits per heavy atom. The van der Waals surface area contributed by atoms with Crippen LogP contribution < -0.4 is 0 Å². The Labute approximate surface area is 71.5 Å². The van der Waals surface area contributed by atoms with Crippen molar-refractivity contribution in [3.63, 3.8) is 0 Å². The number of hydrogen-bond donors (Lipinski definition) is 0.